The number of benzene rings is 1. The fraction of sp³-hybridized carbons (Fsp3) is 0.600. The first-order valence-corrected chi connectivity index (χ1v) is 7.83. The van der Waals surface area contributed by atoms with Crippen molar-refractivity contribution >= 4 is 16.5 Å². The van der Waals surface area contributed by atoms with E-state index in [4.69, 9.17) is 0 Å². The van der Waals surface area contributed by atoms with Gasteiger partial charge in [-0.1, -0.05) is 26.8 Å². The summed E-state index contributed by atoms with van der Waals surface area (Å²) in [5.74, 6) is 0. The summed E-state index contributed by atoms with van der Waals surface area (Å²) in [5, 5.41) is 3.42. The van der Waals surface area contributed by atoms with E-state index in [1.165, 1.54) is 5.56 Å². The van der Waals surface area contributed by atoms with E-state index in [0.717, 1.165) is 10.6 Å². The van der Waals surface area contributed by atoms with Crippen molar-refractivity contribution in [1.82, 2.24) is 0 Å². The molecule has 0 bridgehead atoms. The molecule has 102 valence electrons. The van der Waals surface area contributed by atoms with Gasteiger partial charge in [0.1, 0.15) is 0 Å². The third kappa shape index (κ3) is 4.13. The lowest BCUT2D eigenvalue weighted by Crippen LogP contribution is -2.27. The molecule has 0 aliphatic rings. The molecule has 0 heterocycles. The van der Waals surface area contributed by atoms with Crippen LogP contribution in [0.4, 0.5) is 5.69 Å². The second-order valence-electron chi connectivity index (χ2n) is 6.79. The van der Waals surface area contributed by atoms with Crippen molar-refractivity contribution in [2.75, 3.05) is 11.6 Å². The van der Waals surface area contributed by atoms with Gasteiger partial charge in [0, 0.05) is 11.8 Å². The maximum absolute atomic E-state index is 11.9. The summed E-state index contributed by atoms with van der Waals surface area (Å²) < 4.78 is 11.9. The summed E-state index contributed by atoms with van der Waals surface area (Å²) in [4.78, 5) is 0.886. The smallest absolute Gasteiger partial charge is 0.0619 e. The van der Waals surface area contributed by atoms with Crippen LogP contribution in [0.5, 0.6) is 0 Å². The third-order valence-corrected chi connectivity index (χ3v) is 3.62. The minimum Gasteiger partial charge on any atom is -0.379 e. The van der Waals surface area contributed by atoms with Gasteiger partial charge in [0.15, 0.2) is 0 Å². The SMILES string of the molecule is CS(=O)c1cc(C(C)(C)C)ccc1NC(C)(C)C. The standard InChI is InChI=1S/C15H25NOS/c1-14(2,3)11-8-9-12(16-15(4,5)6)13(10-11)18(7)17/h8-10,16H,1-7H3. The molecular formula is C15H25NOS. The van der Waals surface area contributed by atoms with Crippen LogP contribution >= 0.6 is 0 Å². The Labute approximate surface area is 114 Å². The van der Waals surface area contributed by atoms with Gasteiger partial charge in [0.25, 0.3) is 0 Å². The highest BCUT2D eigenvalue weighted by Crippen LogP contribution is 2.29. The topological polar surface area (TPSA) is 29.1 Å². The highest BCUT2D eigenvalue weighted by atomic mass is 32.2. The van der Waals surface area contributed by atoms with Gasteiger partial charge in [0.05, 0.1) is 21.4 Å². The predicted octanol–water partition coefficient (Wildman–Crippen LogP) is 3.93. The number of nitrogens with one attached hydrogen (secondary N) is 1. The Morgan fingerprint density at radius 3 is 2.00 bits per heavy atom. The molecule has 2 nitrogen and oxygen atoms in total. The summed E-state index contributed by atoms with van der Waals surface area (Å²) in [6.07, 6.45) is 1.73. The number of anilines is 1. The first kappa shape index (κ1) is 15.2. The molecule has 0 spiro atoms. The van der Waals surface area contributed by atoms with Gasteiger partial charge in [-0.2, -0.15) is 0 Å². The largest absolute Gasteiger partial charge is 0.379 e. The molecule has 0 fully saturated rings. The molecule has 0 aromatic heterocycles. The first-order valence-electron chi connectivity index (χ1n) is 6.27. The molecule has 0 aliphatic carbocycles. The highest BCUT2D eigenvalue weighted by Gasteiger charge is 2.19. The van der Waals surface area contributed by atoms with Crippen LogP contribution in [-0.4, -0.2) is 16.0 Å². The predicted molar refractivity (Wildman–Crippen MR) is 80.9 cm³/mol. The minimum atomic E-state index is -0.983. The zero-order chi connectivity index (χ0) is 14.1. The van der Waals surface area contributed by atoms with Gasteiger partial charge in [-0.05, 0) is 43.9 Å². The third-order valence-electron chi connectivity index (χ3n) is 2.67. The van der Waals surface area contributed by atoms with Crippen molar-refractivity contribution in [2.45, 2.75) is 57.4 Å². The summed E-state index contributed by atoms with van der Waals surface area (Å²) >= 11 is 0. The van der Waals surface area contributed by atoms with Crippen molar-refractivity contribution < 1.29 is 4.21 Å². The summed E-state index contributed by atoms with van der Waals surface area (Å²) in [6.45, 7) is 12.8. The second kappa shape index (κ2) is 5.04. The summed E-state index contributed by atoms with van der Waals surface area (Å²) in [7, 11) is -0.983. The van der Waals surface area contributed by atoms with E-state index < -0.39 is 10.8 Å². The quantitative estimate of drug-likeness (QED) is 0.879. The van der Waals surface area contributed by atoms with E-state index in [2.05, 4.69) is 59.0 Å². The Morgan fingerprint density at radius 1 is 1.06 bits per heavy atom. The first-order chi connectivity index (χ1) is 8.00. The summed E-state index contributed by atoms with van der Waals surface area (Å²) in [5.41, 5.74) is 2.23. The van der Waals surface area contributed by atoms with Crippen molar-refractivity contribution in [3.63, 3.8) is 0 Å². The van der Waals surface area contributed by atoms with E-state index in [9.17, 15) is 4.21 Å². The van der Waals surface area contributed by atoms with Gasteiger partial charge < -0.3 is 5.32 Å². The molecule has 1 rings (SSSR count). The van der Waals surface area contributed by atoms with Crippen molar-refractivity contribution in [1.29, 1.82) is 0 Å². The average Bonchev–Trinajstić information content (AvgIpc) is 2.13. The highest BCUT2D eigenvalue weighted by molar-refractivity contribution is 7.84. The molecule has 0 aliphatic heterocycles. The fourth-order valence-electron chi connectivity index (χ4n) is 1.73. The molecule has 3 heteroatoms. The van der Waals surface area contributed by atoms with E-state index in [1.807, 2.05) is 6.07 Å². The van der Waals surface area contributed by atoms with Crippen LogP contribution in [-0.2, 0) is 16.2 Å². The Morgan fingerprint density at radius 2 is 1.61 bits per heavy atom. The molecule has 1 N–H and O–H groups in total. The van der Waals surface area contributed by atoms with Gasteiger partial charge in [-0.25, -0.2) is 0 Å². The molecule has 0 amide bonds. The average molecular weight is 267 g/mol. The minimum absolute atomic E-state index is 0.0304. The number of hydrogen-bond donors (Lipinski definition) is 1. The lowest BCUT2D eigenvalue weighted by molar-refractivity contribution is 0.587. The van der Waals surface area contributed by atoms with Crippen LogP contribution in [0, 0.1) is 0 Å². The zero-order valence-corrected chi connectivity index (χ0v) is 13.4. The molecule has 1 atom stereocenters. The molecule has 1 aromatic carbocycles. The molecule has 0 saturated heterocycles. The summed E-state index contributed by atoms with van der Waals surface area (Å²) in [6, 6.07) is 6.22. The lowest BCUT2D eigenvalue weighted by atomic mass is 9.87. The number of hydrogen-bond acceptors (Lipinski definition) is 2. The Kier molecular flexibility index (Phi) is 4.26. The van der Waals surface area contributed by atoms with Gasteiger partial charge in [-0.3, -0.25) is 4.21 Å². The number of rotatable bonds is 2. The van der Waals surface area contributed by atoms with Crippen LogP contribution in [0.2, 0.25) is 0 Å². The molecule has 18 heavy (non-hydrogen) atoms. The van der Waals surface area contributed by atoms with Gasteiger partial charge in [-0.15, -0.1) is 0 Å². The van der Waals surface area contributed by atoms with Gasteiger partial charge >= 0.3 is 0 Å². The second-order valence-corrected chi connectivity index (χ2v) is 8.14. The maximum Gasteiger partial charge on any atom is 0.0619 e. The molecular weight excluding hydrogens is 242 g/mol. The van der Waals surface area contributed by atoms with Crippen molar-refractivity contribution in [3.05, 3.63) is 23.8 Å². The van der Waals surface area contributed by atoms with Gasteiger partial charge in [0.2, 0.25) is 0 Å². The van der Waals surface area contributed by atoms with E-state index >= 15 is 0 Å². The van der Waals surface area contributed by atoms with Crippen LogP contribution in [0.15, 0.2) is 23.1 Å². The normalized spacial score (nSPS) is 14.4. The van der Waals surface area contributed by atoms with Crippen molar-refractivity contribution in [2.24, 2.45) is 0 Å². The monoisotopic (exact) mass is 267 g/mol. The lowest BCUT2D eigenvalue weighted by Gasteiger charge is -2.26. The van der Waals surface area contributed by atoms with Crippen LogP contribution in [0.1, 0.15) is 47.1 Å². The fourth-order valence-corrected chi connectivity index (χ4v) is 2.46. The molecule has 0 saturated carbocycles. The van der Waals surface area contributed by atoms with Crippen LogP contribution in [0.25, 0.3) is 0 Å². The zero-order valence-electron chi connectivity index (χ0n) is 12.5. The van der Waals surface area contributed by atoms with Crippen molar-refractivity contribution in [3.8, 4) is 0 Å². The van der Waals surface area contributed by atoms with Crippen LogP contribution < -0.4 is 5.32 Å². The van der Waals surface area contributed by atoms with E-state index in [0.29, 0.717) is 0 Å². The maximum atomic E-state index is 11.9. The molecule has 1 aromatic rings. The Bertz CT molecular complexity index is 453. The Hall–Kier alpha value is -0.830. The molecule has 0 radical (unpaired) electrons. The Balaban J connectivity index is 3.26. The molecule has 1 unspecified atom stereocenters. The van der Waals surface area contributed by atoms with E-state index in [1.54, 1.807) is 6.26 Å². The van der Waals surface area contributed by atoms with E-state index in [-0.39, 0.29) is 11.0 Å². The van der Waals surface area contributed by atoms with Crippen LogP contribution in [0.3, 0.4) is 0 Å².